The Balaban J connectivity index is 2.40. The molecule has 2 aromatic carbocycles. The molecule has 0 unspecified atom stereocenters. The Kier molecular flexibility index (Phi) is 6.14. The van der Waals surface area contributed by atoms with Gasteiger partial charge in [0.15, 0.2) is 0 Å². The van der Waals surface area contributed by atoms with Gasteiger partial charge in [0.2, 0.25) is 10.0 Å². The van der Waals surface area contributed by atoms with Crippen LogP contribution in [-0.2, 0) is 10.0 Å². The number of aryl methyl sites for hydroxylation is 3. The average molecular weight is 376 g/mol. The molecular weight excluding hydrogens is 346 g/mol. The van der Waals surface area contributed by atoms with Gasteiger partial charge in [-0.2, -0.15) is 0 Å². The van der Waals surface area contributed by atoms with Crippen molar-refractivity contribution in [1.29, 1.82) is 0 Å². The molecule has 142 valence electrons. The third-order valence-corrected chi connectivity index (χ3v) is 6.48. The minimum absolute atomic E-state index is 0.164. The molecule has 0 bridgehead atoms. The number of sulfonamides is 1. The number of benzene rings is 2. The Bertz CT molecular complexity index is 902. The molecule has 4 nitrogen and oxygen atoms in total. The lowest BCUT2D eigenvalue weighted by Crippen LogP contribution is -2.27. The first kappa shape index (κ1) is 20.5. The van der Waals surface area contributed by atoms with E-state index in [1.807, 2.05) is 52.8 Å². The van der Waals surface area contributed by atoms with Crippen LogP contribution >= 0.6 is 0 Å². The molecule has 2 rings (SSSR count). The van der Waals surface area contributed by atoms with E-state index in [0.717, 1.165) is 22.4 Å². The van der Waals surface area contributed by atoms with E-state index in [1.54, 1.807) is 26.2 Å². The summed E-state index contributed by atoms with van der Waals surface area (Å²) in [6, 6.07) is 9.23. The quantitative estimate of drug-likeness (QED) is 0.790. The van der Waals surface area contributed by atoms with Crippen LogP contribution in [0.25, 0.3) is 0 Å². The van der Waals surface area contributed by atoms with E-state index in [4.69, 9.17) is 4.74 Å². The molecule has 0 aliphatic heterocycles. The zero-order chi connectivity index (χ0) is 19.6. The Morgan fingerprint density at radius 1 is 0.923 bits per heavy atom. The largest absolute Gasteiger partial charge is 0.496 e. The van der Waals surface area contributed by atoms with Crippen LogP contribution in [0.15, 0.2) is 35.2 Å². The van der Waals surface area contributed by atoms with Gasteiger partial charge in [-0.1, -0.05) is 32.0 Å². The number of methoxy groups -OCH3 is 1. The molecule has 0 saturated heterocycles. The van der Waals surface area contributed by atoms with Gasteiger partial charge in [-0.25, -0.2) is 13.1 Å². The maximum absolute atomic E-state index is 13.0. The van der Waals surface area contributed by atoms with Crippen LogP contribution in [0.4, 0.5) is 0 Å². The smallest absolute Gasteiger partial charge is 0.241 e. The number of hydrogen-bond donors (Lipinski definition) is 1. The zero-order valence-corrected chi connectivity index (χ0v) is 17.5. The predicted molar refractivity (Wildman–Crippen MR) is 106 cm³/mol. The van der Waals surface area contributed by atoms with E-state index in [1.165, 1.54) is 5.56 Å². The summed E-state index contributed by atoms with van der Waals surface area (Å²) < 4.78 is 34.2. The second kappa shape index (κ2) is 7.80. The molecule has 0 radical (unpaired) electrons. The topological polar surface area (TPSA) is 55.4 Å². The van der Waals surface area contributed by atoms with Gasteiger partial charge in [0.1, 0.15) is 5.75 Å². The van der Waals surface area contributed by atoms with Gasteiger partial charge in [-0.3, -0.25) is 0 Å². The third-order valence-electron chi connectivity index (χ3n) is 4.80. The summed E-state index contributed by atoms with van der Waals surface area (Å²) in [5.41, 5.74) is 4.85. The second-order valence-corrected chi connectivity index (χ2v) is 8.88. The van der Waals surface area contributed by atoms with Crippen LogP contribution in [0.1, 0.15) is 60.5 Å². The summed E-state index contributed by atoms with van der Waals surface area (Å²) >= 11 is 0. The van der Waals surface area contributed by atoms with Crippen molar-refractivity contribution < 1.29 is 13.2 Å². The maximum atomic E-state index is 13.0. The predicted octanol–water partition coefficient (Wildman–Crippen LogP) is 4.78. The highest BCUT2D eigenvalue weighted by atomic mass is 32.2. The highest BCUT2D eigenvalue weighted by Gasteiger charge is 2.23. The Hall–Kier alpha value is -1.85. The SMILES string of the molecule is COc1cc(C)c(S(=O)(=O)N[C@H](C)c2ccc(C)c(C)c2)cc1C(C)C. The Morgan fingerprint density at radius 3 is 2.12 bits per heavy atom. The van der Waals surface area contributed by atoms with E-state index in [2.05, 4.69) is 4.72 Å². The Morgan fingerprint density at radius 2 is 1.58 bits per heavy atom. The highest BCUT2D eigenvalue weighted by Crippen LogP contribution is 2.32. The lowest BCUT2D eigenvalue weighted by atomic mass is 10.0. The molecule has 0 spiro atoms. The van der Waals surface area contributed by atoms with Crippen LogP contribution in [0, 0.1) is 20.8 Å². The molecule has 0 heterocycles. The molecule has 2 aromatic rings. The molecule has 0 aromatic heterocycles. The minimum atomic E-state index is -3.65. The summed E-state index contributed by atoms with van der Waals surface area (Å²) in [5.74, 6) is 0.885. The molecule has 0 saturated carbocycles. The number of ether oxygens (including phenoxy) is 1. The zero-order valence-electron chi connectivity index (χ0n) is 16.7. The lowest BCUT2D eigenvalue weighted by molar-refractivity contribution is 0.406. The van der Waals surface area contributed by atoms with Gasteiger partial charge in [-0.05, 0) is 73.6 Å². The normalized spacial score (nSPS) is 13.1. The fourth-order valence-corrected chi connectivity index (χ4v) is 4.49. The van der Waals surface area contributed by atoms with Gasteiger partial charge in [0.25, 0.3) is 0 Å². The van der Waals surface area contributed by atoms with Crippen LogP contribution in [-0.4, -0.2) is 15.5 Å². The molecule has 1 atom stereocenters. The first-order valence-corrected chi connectivity index (χ1v) is 10.3. The van der Waals surface area contributed by atoms with Crippen molar-refractivity contribution >= 4 is 10.0 Å². The third kappa shape index (κ3) is 4.27. The van der Waals surface area contributed by atoms with Gasteiger partial charge in [0, 0.05) is 6.04 Å². The molecule has 1 N–H and O–H groups in total. The van der Waals surface area contributed by atoms with Crippen LogP contribution in [0.3, 0.4) is 0 Å². The number of nitrogens with one attached hydrogen (secondary N) is 1. The molecule has 0 aliphatic rings. The number of hydrogen-bond acceptors (Lipinski definition) is 3. The van der Waals surface area contributed by atoms with E-state index < -0.39 is 10.0 Å². The summed E-state index contributed by atoms with van der Waals surface area (Å²) in [7, 11) is -2.04. The molecular formula is C21H29NO3S. The van der Waals surface area contributed by atoms with Gasteiger partial charge < -0.3 is 4.74 Å². The van der Waals surface area contributed by atoms with Crippen molar-refractivity contribution in [3.8, 4) is 5.75 Å². The molecule has 26 heavy (non-hydrogen) atoms. The van der Waals surface area contributed by atoms with Crippen molar-refractivity contribution in [2.75, 3.05) is 7.11 Å². The van der Waals surface area contributed by atoms with Crippen LogP contribution in [0.2, 0.25) is 0 Å². The fraction of sp³-hybridized carbons (Fsp3) is 0.429. The van der Waals surface area contributed by atoms with Crippen molar-refractivity contribution in [1.82, 2.24) is 4.72 Å². The fourth-order valence-electron chi connectivity index (χ4n) is 2.99. The van der Waals surface area contributed by atoms with Gasteiger partial charge in [0.05, 0.1) is 12.0 Å². The monoisotopic (exact) mass is 375 g/mol. The summed E-state index contributed by atoms with van der Waals surface area (Å²) in [6.07, 6.45) is 0. The highest BCUT2D eigenvalue weighted by molar-refractivity contribution is 7.89. The lowest BCUT2D eigenvalue weighted by Gasteiger charge is -2.19. The molecule has 0 amide bonds. The molecule has 5 heteroatoms. The van der Waals surface area contributed by atoms with Crippen LogP contribution in [0.5, 0.6) is 5.75 Å². The second-order valence-electron chi connectivity index (χ2n) is 7.20. The van der Waals surface area contributed by atoms with E-state index in [9.17, 15) is 8.42 Å². The van der Waals surface area contributed by atoms with Gasteiger partial charge in [-0.15, -0.1) is 0 Å². The average Bonchev–Trinajstić information content (AvgIpc) is 2.55. The maximum Gasteiger partial charge on any atom is 0.241 e. The summed E-state index contributed by atoms with van der Waals surface area (Å²) in [5, 5.41) is 0. The molecule has 0 fully saturated rings. The number of rotatable bonds is 6. The van der Waals surface area contributed by atoms with Gasteiger partial charge >= 0.3 is 0 Å². The van der Waals surface area contributed by atoms with Crippen molar-refractivity contribution in [2.24, 2.45) is 0 Å². The first-order valence-electron chi connectivity index (χ1n) is 8.84. The molecule has 0 aliphatic carbocycles. The van der Waals surface area contributed by atoms with Crippen molar-refractivity contribution in [3.63, 3.8) is 0 Å². The standard InChI is InChI=1S/C21H29NO3S/c1-13(2)19-12-21(16(5)11-20(19)25-7)26(23,24)22-17(6)18-9-8-14(3)15(4)10-18/h8-13,17,22H,1-7H3/t17-/m1/s1. The minimum Gasteiger partial charge on any atom is -0.496 e. The summed E-state index contributed by atoms with van der Waals surface area (Å²) in [4.78, 5) is 0.303. The van der Waals surface area contributed by atoms with E-state index in [0.29, 0.717) is 10.5 Å². The Labute approximate surface area is 157 Å². The van der Waals surface area contributed by atoms with Crippen molar-refractivity contribution in [2.45, 2.75) is 58.4 Å². The van der Waals surface area contributed by atoms with Crippen LogP contribution < -0.4 is 9.46 Å². The van der Waals surface area contributed by atoms with E-state index in [-0.39, 0.29) is 12.0 Å². The van der Waals surface area contributed by atoms with E-state index >= 15 is 0 Å². The van der Waals surface area contributed by atoms with Crippen molar-refractivity contribution in [3.05, 3.63) is 58.1 Å². The first-order chi connectivity index (χ1) is 12.1. The summed E-state index contributed by atoms with van der Waals surface area (Å²) in [6.45, 7) is 11.8.